The lowest BCUT2D eigenvalue weighted by Gasteiger charge is -0.413. The Kier molecular flexibility index (Phi) is 139000000000. The molecule has 201 valence electrons. The van der Waals surface area contributed by atoms with Crippen molar-refractivity contribution in [3.63, 3.8) is 0 Å². The van der Waals surface area contributed by atoms with Crippen LogP contribution < -0.4 is 36.9 Å². The van der Waals surface area contributed by atoms with Crippen LogP contribution in [0.4, 0.5) is 28.2 Å². The summed E-state index contributed by atoms with van der Waals surface area (Å²) < 4.78 is 0. The molecule has 0 aliphatic rings. The van der Waals surface area contributed by atoms with E-state index in [1.807, 2.05) is 0 Å². The third-order valence-electron chi connectivity index (χ3n) is 0. The van der Waals surface area contributed by atoms with Gasteiger partial charge in [0.2, 0.25) is 0 Å². The molecule has 0 aromatic carbocycles. The molecule has 38 N–H and O–H groups in total. The van der Waals surface area contributed by atoms with Crippen LogP contribution in [0.5, 0.6) is 0 Å². The van der Waals surface area contributed by atoms with Crippen LogP contribution in [0.25, 0.3) is 0 Å². The van der Waals surface area contributed by atoms with E-state index in [0.29, 0.717) is 0 Å². The van der Waals surface area contributed by atoms with Gasteiger partial charge in [-0.05, 0) is 0 Å². The molecule has 0 aromatic heterocycles. The number of halogens is 8. The Morgan fingerprint density at radius 3 is 0.185 bits per heavy atom. The summed E-state index contributed by atoms with van der Waals surface area (Å²) in [5, 5.41) is 0. The molecule has 0 unspecified atom stereocenters. The first-order valence-corrected chi connectivity index (χ1v) is 0. The average molecular weight is 597 g/mol. The van der Waals surface area contributed by atoms with Gasteiger partial charge in [-0.25, -0.2) is 0 Å². The fourth-order valence-corrected chi connectivity index (χ4v) is 0. The Balaban J connectivity index is 0. The first-order chi connectivity index (χ1) is 0. The number of hydrogen-bond donors (Lipinski definition) is 6. The van der Waals surface area contributed by atoms with Crippen LogP contribution in [0.2, 0.25) is 0 Å². The summed E-state index contributed by atoms with van der Waals surface area (Å²) in [7, 11) is 0. The van der Waals surface area contributed by atoms with E-state index < -0.39 is 0 Å². The third kappa shape index (κ3) is 1690000. The third-order valence-corrected chi connectivity index (χ3v) is 0. The first kappa shape index (κ1) is 2050000. The maximum Gasteiger partial charge on any atom is 0 e. The molecule has 0 atom stereocenters. The van der Waals surface area contributed by atoms with E-state index in [1.165, 1.54) is 0 Å². The van der Waals surface area contributed by atoms with Crippen LogP contribution in [-0.4, -0.2) is 80.0 Å². The second-order valence-electron chi connectivity index (χ2n) is 0. The van der Waals surface area contributed by atoms with Crippen LogP contribution in [0.15, 0.2) is 0 Å². The van der Waals surface area contributed by atoms with Gasteiger partial charge in [0, 0.05) is 25.2 Å². The summed E-state index contributed by atoms with van der Waals surface area (Å²) in [4.78, 5) is 0. The Morgan fingerprint density at radius 2 is 0.185 bits per heavy atom. The minimum Gasteiger partial charge on any atom is -0.412 e. The molecular weight excluding hydrogens is 550 g/mol. The van der Waals surface area contributed by atoms with Crippen molar-refractivity contribution in [2.45, 2.75) is 0 Å². The summed E-state index contributed by atoms with van der Waals surface area (Å²) in [5.41, 5.74) is 0. The predicted octanol–water partition coefficient (Wildman–Crippen LogP) is -6.35. The van der Waals surface area contributed by atoms with E-state index in [2.05, 4.69) is 0 Å². The van der Waals surface area contributed by atoms with Crippen molar-refractivity contribution < 1.29 is 83.0 Å². The van der Waals surface area contributed by atoms with Gasteiger partial charge in [-0.15, -0.1) is 34.0 Å². The molecule has 0 aliphatic heterocycles. The Hall–Kier alpha value is 0.0948. The molecule has 0 bridgehead atoms. The smallest absolute Gasteiger partial charge is 0 e. The minimum absolute atomic E-state index is 0. The minimum atomic E-state index is 0. The van der Waals surface area contributed by atoms with Gasteiger partial charge in [-0.2, -0.15) is 0 Å². The molecule has 27 heteroatoms. The molecule has 0 rings (SSSR count). The van der Waals surface area contributed by atoms with E-state index in [9.17, 15) is 0 Å². The maximum atomic E-state index is 0. The molecule has 0 aromatic rings. The molecule has 0 fully saturated rings. The molecule has 0 saturated heterocycles. The van der Waals surface area contributed by atoms with Gasteiger partial charge >= 0.3 is 0 Å². The Bertz CT molecular complexity index is 57.4. The van der Waals surface area contributed by atoms with E-state index in [4.69, 9.17) is 0 Å². The molecule has 27 heavy (non-hydrogen) atoms. The molecule has 16 nitrogen and oxygen atoms in total. The summed E-state index contributed by atoms with van der Waals surface area (Å²) in [6, 6.07) is 0. The van der Waals surface area contributed by atoms with Crippen molar-refractivity contribution in [1.29, 1.82) is 0 Å². The van der Waals surface area contributed by atoms with Gasteiger partial charge in [-0.1, -0.05) is 0 Å². The van der Waals surface area contributed by atoms with Crippen molar-refractivity contribution in [2.24, 2.45) is 0 Å². The summed E-state index contributed by atoms with van der Waals surface area (Å²) in [5.74, 6) is 0. The molecule has 0 amide bonds. The monoisotopic (exact) mass is 595 g/mol. The van der Waals surface area contributed by atoms with Crippen LogP contribution in [0.1, 0.15) is 0 Å². The van der Waals surface area contributed by atoms with Crippen LogP contribution in [-0.2, 0) is 0 Å². The molecular formula is H46B3Br2F6N6O10. The summed E-state index contributed by atoms with van der Waals surface area (Å²) in [6.45, 7) is 0. The topological polar surface area (TPSA) is 525 Å². The van der Waals surface area contributed by atoms with Gasteiger partial charge in [-0.3, -0.25) is 28.2 Å². The summed E-state index contributed by atoms with van der Waals surface area (Å²) >= 11 is 0. The Morgan fingerprint density at radius 1 is 0.185 bits per heavy atom. The van der Waals surface area contributed by atoms with Crippen molar-refractivity contribution in [2.75, 3.05) is 0 Å². The lowest BCUT2D eigenvalue weighted by atomic mass is 10.8. The molecule has 0 spiro atoms. The van der Waals surface area contributed by atoms with Gasteiger partial charge in [0.05, 0.1) is 0 Å². The number of hydrogen-bond acceptors (Lipinski definition) is 6. The predicted molar refractivity (Wildman–Crippen MR) is 119 cm³/mol. The van der Waals surface area contributed by atoms with E-state index in [0.717, 1.165) is 0 Å². The molecule has 0 heterocycles. The SMILES string of the molecule is Br.Br.F.F.F.F.F.F.N.N.N.N.N.N.O.O.O.O.O.O.O.O.O.O.[B].[B].[B]. The molecule has 9 radical (unpaired) electrons. The van der Waals surface area contributed by atoms with Crippen molar-refractivity contribution in [3.05, 3.63) is 0 Å². The van der Waals surface area contributed by atoms with Crippen molar-refractivity contribution in [1.82, 2.24) is 36.9 Å². The quantitative estimate of drug-likeness (QED) is 0.116. The van der Waals surface area contributed by atoms with E-state index in [-0.39, 0.29) is 179 Å². The fraction of sp³-hybridized carbons (Fsp3) is 0. The highest BCUT2D eigenvalue weighted by molar-refractivity contribution is 8.93. The second kappa shape index (κ2) is 1830000. The van der Waals surface area contributed by atoms with Gasteiger partial charge in [0.15, 0.2) is 0 Å². The van der Waals surface area contributed by atoms with Gasteiger partial charge in [0.1, 0.15) is 0 Å². The maximum absolute atomic E-state index is 0. The lowest BCUT2D eigenvalue weighted by molar-refractivity contribution is 0.823. The van der Waals surface area contributed by atoms with E-state index >= 15 is 0 Å². The van der Waals surface area contributed by atoms with Crippen molar-refractivity contribution >= 4 is 59.2 Å². The standard InChI is InChI=1S/3B.2BrH.6FH.6H3N.10H2O/h;;;8*1H;6*1H3;10*1H2. The normalized spacial score (nSPS) is 0. The highest BCUT2D eigenvalue weighted by Crippen LogP contribution is 0.847. The van der Waals surface area contributed by atoms with Crippen molar-refractivity contribution in [3.8, 4) is 0 Å². The fourth-order valence-electron chi connectivity index (χ4n) is 0. The zero-order valence-corrected chi connectivity index (χ0v) is 17.7. The lowest BCUT2D eigenvalue weighted by Crippen LogP contribution is -0.482. The largest absolute Gasteiger partial charge is 0.412 e. The highest BCUT2D eigenvalue weighted by Gasteiger charge is 0.00226. The molecule has 0 aliphatic carbocycles. The summed E-state index contributed by atoms with van der Waals surface area (Å²) in [6.07, 6.45) is 0. The zero-order valence-electron chi connectivity index (χ0n) is 14.2. The molecule has 0 saturated carbocycles. The van der Waals surface area contributed by atoms with Gasteiger partial charge in [0.25, 0.3) is 0 Å². The van der Waals surface area contributed by atoms with E-state index in [1.54, 1.807) is 0 Å². The van der Waals surface area contributed by atoms with Crippen LogP contribution >= 0.6 is 34.0 Å². The van der Waals surface area contributed by atoms with Crippen LogP contribution in [0, 0.1) is 0 Å². The van der Waals surface area contributed by atoms with Crippen LogP contribution in [0.3, 0.4) is 0 Å². The Labute approximate surface area is 179 Å². The highest BCUT2D eigenvalue weighted by atomic mass is 79.9. The second-order valence-corrected chi connectivity index (χ2v) is 0. The number of rotatable bonds is 0. The first-order valence-electron chi connectivity index (χ1n) is 0. The zero-order chi connectivity index (χ0) is 0. The van der Waals surface area contributed by atoms with Gasteiger partial charge < -0.3 is 91.7 Å². The average Bonchev–Trinajstić information content (AvgIpc) is 0.